The highest BCUT2D eigenvalue weighted by molar-refractivity contribution is 9.10. The molecule has 1 aromatic carbocycles. The molecule has 0 saturated carbocycles. The van der Waals surface area contributed by atoms with Crippen molar-refractivity contribution in [3.05, 3.63) is 23.8 Å². The van der Waals surface area contributed by atoms with Gasteiger partial charge in [-0.1, -0.05) is 15.9 Å². The molecule has 1 aromatic rings. The Bertz CT molecular complexity index is 378. The van der Waals surface area contributed by atoms with Gasteiger partial charge in [0.2, 0.25) is 0 Å². The summed E-state index contributed by atoms with van der Waals surface area (Å²) in [5.41, 5.74) is 0.797. The minimum Gasteiger partial charge on any atom is -0.497 e. The van der Waals surface area contributed by atoms with Crippen LogP contribution in [0.5, 0.6) is 11.5 Å². The van der Waals surface area contributed by atoms with Gasteiger partial charge in [-0.25, -0.2) is 0 Å². The van der Waals surface area contributed by atoms with Crippen molar-refractivity contribution in [2.24, 2.45) is 0 Å². The molecule has 1 rings (SSSR count). The number of methoxy groups -OCH3 is 2. The minimum atomic E-state index is -0.898. The zero-order valence-electron chi connectivity index (χ0n) is 9.07. The summed E-state index contributed by atoms with van der Waals surface area (Å²) in [5.74, 6) is 0.442. The Kier molecular flexibility index (Phi) is 4.61. The predicted octanol–water partition coefficient (Wildman–Crippen LogP) is 2.09. The van der Waals surface area contributed by atoms with Crippen molar-refractivity contribution in [2.75, 3.05) is 14.2 Å². The first kappa shape index (κ1) is 12.8. The van der Waals surface area contributed by atoms with Crippen LogP contribution in [0.15, 0.2) is 18.2 Å². The molecule has 0 aromatic heterocycles. The summed E-state index contributed by atoms with van der Waals surface area (Å²) >= 11 is 3.09. The summed E-state index contributed by atoms with van der Waals surface area (Å²) in [5, 5.41) is 8.81. The Hall–Kier alpha value is -1.23. The molecule has 5 heteroatoms. The highest BCUT2D eigenvalue weighted by Gasteiger charge is 2.16. The Morgan fingerprint density at radius 2 is 2.12 bits per heavy atom. The number of alkyl halides is 1. The number of rotatable bonds is 5. The summed E-state index contributed by atoms with van der Waals surface area (Å²) in [7, 11) is 3.11. The maximum Gasteiger partial charge on any atom is 0.317 e. The first-order chi connectivity index (χ1) is 7.58. The largest absolute Gasteiger partial charge is 0.497 e. The maximum absolute atomic E-state index is 10.7. The van der Waals surface area contributed by atoms with Gasteiger partial charge in [0, 0.05) is 0 Å². The number of aliphatic carboxylic acids is 1. The Morgan fingerprint density at radius 1 is 1.44 bits per heavy atom. The fourth-order valence-corrected chi connectivity index (χ4v) is 1.67. The standard InChI is InChI=1S/C11H13BrO4/c1-15-8-3-4-10(16-2)7(5-8)6-9(12)11(13)14/h3-5,9H,6H2,1-2H3,(H,13,14)/t9-/m1/s1. The van der Waals surface area contributed by atoms with Crippen LogP contribution >= 0.6 is 15.9 Å². The quantitative estimate of drug-likeness (QED) is 0.843. The maximum atomic E-state index is 10.7. The van der Waals surface area contributed by atoms with Crippen LogP contribution < -0.4 is 9.47 Å². The fourth-order valence-electron chi connectivity index (χ4n) is 1.32. The second-order valence-electron chi connectivity index (χ2n) is 3.19. The van der Waals surface area contributed by atoms with Crippen molar-refractivity contribution < 1.29 is 19.4 Å². The molecule has 0 fully saturated rings. The van der Waals surface area contributed by atoms with E-state index in [0.717, 1.165) is 5.56 Å². The number of halogens is 1. The first-order valence-electron chi connectivity index (χ1n) is 4.66. The highest BCUT2D eigenvalue weighted by atomic mass is 79.9. The summed E-state index contributed by atoms with van der Waals surface area (Å²) in [6.45, 7) is 0. The van der Waals surface area contributed by atoms with Gasteiger partial charge in [0.1, 0.15) is 16.3 Å². The molecular formula is C11H13BrO4. The second kappa shape index (κ2) is 5.75. The highest BCUT2D eigenvalue weighted by Crippen LogP contribution is 2.26. The molecule has 0 amide bonds. The molecule has 0 aliphatic heterocycles. The van der Waals surface area contributed by atoms with Gasteiger partial charge in [-0.05, 0) is 30.2 Å². The molecule has 0 spiro atoms. The molecule has 1 N–H and O–H groups in total. The number of ether oxygens (including phenoxy) is 2. The van der Waals surface area contributed by atoms with Crippen molar-refractivity contribution in [1.29, 1.82) is 0 Å². The van der Waals surface area contributed by atoms with Crippen LogP contribution in [0, 0.1) is 0 Å². The van der Waals surface area contributed by atoms with Crippen LogP contribution in [0.3, 0.4) is 0 Å². The van der Waals surface area contributed by atoms with Crippen LogP contribution in [0.1, 0.15) is 5.56 Å². The normalized spacial score (nSPS) is 11.9. The van der Waals surface area contributed by atoms with E-state index in [1.807, 2.05) is 0 Å². The molecule has 4 nitrogen and oxygen atoms in total. The molecule has 16 heavy (non-hydrogen) atoms. The lowest BCUT2D eigenvalue weighted by molar-refractivity contribution is -0.136. The summed E-state index contributed by atoms with van der Waals surface area (Å²) < 4.78 is 10.2. The van der Waals surface area contributed by atoms with Crippen LogP contribution in [-0.4, -0.2) is 30.1 Å². The van der Waals surface area contributed by atoms with Gasteiger partial charge >= 0.3 is 5.97 Å². The lowest BCUT2D eigenvalue weighted by atomic mass is 10.1. The predicted molar refractivity (Wildman–Crippen MR) is 63.6 cm³/mol. The van der Waals surface area contributed by atoms with E-state index in [0.29, 0.717) is 17.9 Å². The molecule has 0 heterocycles. The van der Waals surface area contributed by atoms with Gasteiger partial charge in [0.05, 0.1) is 14.2 Å². The monoisotopic (exact) mass is 288 g/mol. The Balaban J connectivity index is 2.95. The van der Waals surface area contributed by atoms with Gasteiger partial charge in [-0.2, -0.15) is 0 Å². The molecule has 0 aliphatic rings. The number of hydrogen-bond donors (Lipinski definition) is 1. The third-order valence-corrected chi connectivity index (χ3v) is 2.87. The van der Waals surface area contributed by atoms with Crippen molar-refractivity contribution >= 4 is 21.9 Å². The Morgan fingerprint density at radius 3 is 2.62 bits per heavy atom. The summed E-state index contributed by atoms with van der Waals surface area (Å²) in [6.07, 6.45) is 0.343. The van der Waals surface area contributed by atoms with E-state index in [4.69, 9.17) is 14.6 Å². The van der Waals surface area contributed by atoms with Gasteiger partial charge in [0.15, 0.2) is 0 Å². The van der Waals surface area contributed by atoms with E-state index in [9.17, 15) is 4.79 Å². The van der Waals surface area contributed by atoms with Crippen LogP contribution in [-0.2, 0) is 11.2 Å². The topological polar surface area (TPSA) is 55.8 Å². The first-order valence-corrected chi connectivity index (χ1v) is 5.57. The number of carboxylic acids is 1. The van der Waals surface area contributed by atoms with E-state index < -0.39 is 10.8 Å². The molecule has 0 radical (unpaired) electrons. The van der Waals surface area contributed by atoms with Crippen molar-refractivity contribution in [1.82, 2.24) is 0 Å². The van der Waals surface area contributed by atoms with E-state index >= 15 is 0 Å². The van der Waals surface area contributed by atoms with Crippen LogP contribution in [0.2, 0.25) is 0 Å². The van der Waals surface area contributed by atoms with Crippen molar-refractivity contribution in [3.63, 3.8) is 0 Å². The minimum absolute atomic E-state index is 0.343. The van der Waals surface area contributed by atoms with Gasteiger partial charge in [-0.15, -0.1) is 0 Å². The van der Waals surface area contributed by atoms with Gasteiger partial charge in [0.25, 0.3) is 0 Å². The van der Waals surface area contributed by atoms with Crippen molar-refractivity contribution in [2.45, 2.75) is 11.2 Å². The SMILES string of the molecule is COc1ccc(OC)c(C[C@@H](Br)C(=O)O)c1. The summed E-state index contributed by atoms with van der Waals surface area (Å²) in [6, 6.07) is 5.30. The molecule has 0 saturated heterocycles. The number of carbonyl (C=O) groups is 1. The molecule has 0 bridgehead atoms. The molecule has 1 atom stereocenters. The number of benzene rings is 1. The molecular weight excluding hydrogens is 276 g/mol. The second-order valence-corrected chi connectivity index (χ2v) is 4.29. The number of hydrogen-bond acceptors (Lipinski definition) is 3. The Labute approximate surface area is 102 Å². The van der Waals surface area contributed by atoms with E-state index in [1.54, 1.807) is 32.4 Å². The zero-order valence-corrected chi connectivity index (χ0v) is 10.7. The third kappa shape index (κ3) is 3.13. The molecule has 0 unspecified atom stereocenters. The van der Waals surface area contributed by atoms with Crippen molar-refractivity contribution in [3.8, 4) is 11.5 Å². The molecule has 0 aliphatic carbocycles. The van der Waals surface area contributed by atoms with Gasteiger partial charge < -0.3 is 14.6 Å². The van der Waals surface area contributed by atoms with Crippen LogP contribution in [0.4, 0.5) is 0 Å². The third-order valence-electron chi connectivity index (χ3n) is 2.15. The van der Waals surface area contributed by atoms with Crippen LogP contribution in [0.25, 0.3) is 0 Å². The average Bonchev–Trinajstić information content (AvgIpc) is 2.28. The van der Waals surface area contributed by atoms with E-state index in [-0.39, 0.29) is 0 Å². The zero-order chi connectivity index (χ0) is 12.1. The lowest BCUT2D eigenvalue weighted by Crippen LogP contribution is -2.15. The summed E-state index contributed by atoms with van der Waals surface area (Å²) in [4.78, 5) is 10.1. The fraction of sp³-hybridized carbons (Fsp3) is 0.364. The smallest absolute Gasteiger partial charge is 0.317 e. The van der Waals surface area contributed by atoms with E-state index in [1.165, 1.54) is 0 Å². The lowest BCUT2D eigenvalue weighted by Gasteiger charge is -2.11. The number of carboxylic acid groups (broad SMARTS) is 1. The molecule has 88 valence electrons. The van der Waals surface area contributed by atoms with E-state index in [2.05, 4.69) is 15.9 Å². The average molecular weight is 289 g/mol. The van der Waals surface area contributed by atoms with Gasteiger partial charge in [-0.3, -0.25) is 4.79 Å².